The van der Waals surface area contributed by atoms with E-state index in [0.29, 0.717) is 5.56 Å². The summed E-state index contributed by atoms with van der Waals surface area (Å²) in [6.45, 7) is 1.53. The van der Waals surface area contributed by atoms with Gasteiger partial charge >= 0.3 is 0 Å². The molecule has 2 aromatic rings. The van der Waals surface area contributed by atoms with Crippen LogP contribution in [0.5, 0.6) is 0 Å². The largest absolute Gasteiger partial charge is 0.315 e. The van der Waals surface area contributed by atoms with E-state index in [-0.39, 0.29) is 29.4 Å². The number of amidine groups is 1. The molecule has 7 heteroatoms. The van der Waals surface area contributed by atoms with Gasteiger partial charge in [-0.3, -0.25) is 9.79 Å². The molecule has 0 amide bonds. The van der Waals surface area contributed by atoms with Crippen molar-refractivity contribution in [2.45, 2.75) is 24.8 Å². The molecule has 0 bridgehead atoms. The van der Waals surface area contributed by atoms with Gasteiger partial charge in [0.2, 0.25) is 0 Å². The van der Waals surface area contributed by atoms with Crippen LogP contribution in [0.4, 0.5) is 5.69 Å². The van der Waals surface area contributed by atoms with Crippen molar-refractivity contribution in [2.24, 2.45) is 4.99 Å². The summed E-state index contributed by atoms with van der Waals surface area (Å²) in [4.78, 5) is 18.5. The van der Waals surface area contributed by atoms with Crippen molar-refractivity contribution in [2.75, 3.05) is 16.4 Å². The van der Waals surface area contributed by atoms with Gasteiger partial charge in [0.05, 0.1) is 23.6 Å². The number of carbonyl (C=O) groups is 1. The molecule has 0 spiro atoms. The second-order valence-electron chi connectivity index (χ2n) is 6.87. The Morgan fingerprint density at radius 3 is 2.67 bits per heavy atom. The van der Waals surface area contributed by atoms with Crippen LogP contribution in [0.15, 0.2) is 59.6 Å². The minimum absolute atomic E-state index is 0.0120. The fourth-order valence-electron chi connectivity index (χ4n) is 3.53. The summed E-state index contributed by atoms with van der Waals surface area (Å²) >= 11 is 1.61. The SMILES string of the molecule is CC(=O)c1cccc(N2C(SCc3ccccc3)=NC3CS(=O)(=O)CC32)c1. The van der Waals surface area contributed by atoms with E-state index in [4.69, 9.17) is 4.99 Å². The summed E-state index contributed by atoms with van der Waals surface area (Å²) < 4.78 is 24.3. The Labute approximate surface area is 163 Å². The average Bonchev–Trinajstić information content (AvgIpc) is 3.12. The number of Topliss-reactive ketones (excluding diaryl/α,β-unsaturated/α-hetero) is 1. The van der Waals surface area contributed by atoms with Crippen LogP contribution in [-0.4, -0.2) is 43.0 Å². The second kappa shape index (κ2) is 7.13. The summed E-state index contributed by atoms with van der Waals surface area (Å²) in [7, 11) is -3.09. The number of thioether (sulfide) groups is 1. The standard InChI is InChI=1S/C20H20N2O3S2/c1-14(23)16-8-5-9-17(10-16)22-19-13-27(24,25)12-18(19)21-20(22)26-11-15-6-3-2-4-7-15/h2-10,18-19H,11-13H2,1H3. The maximum Gasteiger partial charge on any atom is 0.164 e. The average molecular weight is 401 g/mol. The van der Waals surface area contributed by atoms with Crippen molar-refractivity contribution in [3.8, 4) is 0 Å². The van der Waals surface area contributed by atoms with Gasteiger partial charge in [-0.15, -0.1) is 0 Å². The van der Waals surface area contributed by atoms with Gasteiger partial charge in [-0.05, 0) is 24.6 Å². The fraction of sp³-hybridized carbons (Fsp3) is 0.300. The van der Waals surface area contributed by atoms with Crippen molar-refractivity contribution >= 4 is 38.2 Å². The highest BCUT2D eigenvalue weighted by atomic mass is 32.2. The van der Waals surface area contributed by atoms with Crippen LogP contribution in [-0.2, 0) is 15.6 Å². The molecule has 0 aromatic heterocycles. The molecule has 2 unspecified atom stereocenters. The molecular weight excluding hydrogens is 380 g/mol. The molecule has 2 aliphatic rings. The third-order valence-corrected chi connectivity index (χ3v) is 7.59. The van der Waals surface area contributed by atoms with Crippen LogP contribution in [0, 0.1) is 0 Å². The number of rotatable bonds is 4. The number of sulfone groups is 1. The Hall–Kier alpha value is -2.12. The lowest BCUT2D eigenvalue weighted by Gasteiger charge is -2.26. The van der Waals surface area contributed by atoms with Gasteiger partial charge in [0.1, 0.15) is 0 Å². The maximum absolute atomic E-state index is 12.1. The summed E-state index contributed by atoms with van der Waals surface area (Å²) in [5, 5.41) is 0.824. The van der Waals surface area contributed by atoms with Crippen LogP contribution in [0.1, 0.15) is 22.8 Å². The van der Waals surface area contributed by atoms with E-state index in [1.54, 1.807) is 17.8 Å². The maximum atomic E-state index is 12.1. The fourth-order valence-corrected chi connectivity index (χ4v) is 6.45. The Bertz CT molecular complexity index is 1000. The monoisotopic (exact) mass is 400 g/mol. The summed E-state index contributed by atoms with van der Waals surface area (Å²) in [6.07, 6.45) is 0. The number of fused-ring (bicyclic) bond motifs is 1. The van der Waals surface area contributed by atoms with Crippen molar-refractivity contribution in [1.29, 1.82) is 0 Å². The molecule has 0 aliphatic carbocycles. The molecule has 2 aliphatic heterocycles. The third-order valence-electron chi connectivity index (χ3n) is 4.85. The molecule has 4 rings (SSSR count). The van der Waals surface area contributed by atoms with E-state index in [1.807, 2.05) is 41.3 Å². The molecule has 140 valence electrons. The molecule has 2 atom stereocenters. The number of hydrogen-bond donors (Lipinski definition) is 0. The first-order chi connectivity index (χ1) is 12.9. The van der Waals surface area contributed by atoms with Gasteiger partial charge in [-0.1, -0.05) is 54.2 Å². The predicted molar refractivity (Wildman–Crippen MR) is 110 cm³/mol. The van der Waals surface area contributed by atoms with Crippen LogP contribution in [0.2, 0.25) is 0 Å². The number of carbonyl (C=O) groups excluding carboxylic acids is 1. The van der Waals surface area contributed by atoms with Crippen molar-refractivity contribution in [3.05, 3.63) is 65.7 Å². The molecule has 1 saturated heterocycles. The molecule has 2 aromatic carbocycles. The zero-order valence-electron chi connectivity index (χ0n) is 14.9. The van der Waals surface area contributed by atoms with Gasteiger partial charge in [0.15, 0.2) is 20.8 Å². The van der Waals surface area contributed by atoms with E-state index in [0.717, 1.165) is 16.6 Å². The molecule has 27 heavy (non-hydrogen) atoms. The van der Waals surface area contributed by atoms with E-state index < -0.39 is 9.84 Å². The number of nitrogens with zero attached hydrogens (tertiary/aromatic N) is 2. The van der Waals surface area contributed by atoms with Gasteiger partial charge < -0.3 is 4.90 Å². The van der Waals surface area contributed by atoms with Gasteiger partial charge in [0.25, 0.3) is 0 Å². The smallest absolute Gasteiger partial charge is 0.164 e. The molecule has 1 fully saturated rings. The topological polar surface area (TPSA) is 66.8 Å². The second-order valence-corrected chi connectivity index (χ2v) is 9.97. The quantitative estimate of drug-likeness (QED) is 0.738. The lowest BCUT2D eigenvalue weighted by atomic mass is 10.1. The van der Waals surface area contributed by atoms with E-state index >= 15 is 0 Å². The third kappa shape index (κ3) is 3.80. The number of benzene rings is 2. The molecule has 0 saturated carbocycles. The highest BCUT2D eigenvalue weighted by Gasteiger charge is 2.47. The van der Waals surface area contributed by atoms with Crippen molar-refractivity contribution < 1.29 is 13.2 Å². The number of ketones is 1. The van der Waals surface area contributed by atoms with Gasteiger partial charge in [-0.25, -0.2) is 8.42 Å². The first-order valence-corrected chi connectivity index (χ1v) is 11.6. The van der Waals surface area contributed by atoms with E-state index in [1.165, 1.54) is 12.5 Å². The normalized spacial score (nSPS) is 23.1. The van der Waals surface area contributed by atoms with Crippen molar-refractivity contribution in [1.82, 2.24) is 0 Å². The Morgan fingerprint density at radius 2 is 1.93 bits per heavy atom. The summed E-state index contributed by atoms with van der Waals surface area (Å²) in [5.74, 6) is 0.938. The summed E-state index contributed by atoms with van der Waals surface area (Å²) in [6, 6.07) is 17.0. The van der Waals surface area contributed by atoms with Crippen LogP contribution < -0.4 is 4.90 Å². The van der Waals surface area contributed by atoms with Crippen LogP contribution in [0.3, 0.4) is 0 Å². The Kier molecular flexibility index (Phi) is 4.82. The first-order valence-electron chi connectivity index (χ1n) is 8.78. The first kappa shape index (κ1) is 18.3. The zero-order chi connectivity index (χ0) is 19.0. The van der Waals surface area contributed by atoms with E-state index in [2.05, 4.69) is 12.1 Å². The highest BCUT2D eigenvalue weighted by molar-refractivity contribution is 8.13. The Morgan fingerprint density at radius 1 is 1.15 bits per heavy atom. The predicted octanol–water partition coefficient (Wildman–Crippen LogP) is 3.16. The van der Waals surface area contributed by atoms with Gasteiger partial charge in [0, 0.05) is 17.0 Å². The van der Waals surface area contributed by atoms with Crippen LogP contribution >= 0.6 is 11.8 Å². The molecular formula is C20H20N2O3S2. The molecule has 0 radical (unpaired) electrons. The minimum Gasteiger partial charge on any atom is -0.315 e. The molecule has 2 heterocycles. The van der Waals surface area contributed by atoms with Gasteiger partial charge in [-0.2, -0.15) is 0 Å². The number of aliphatic imine (C=N–C) groups is 1. The zero-order valence-corrected chi connectivity index (χ0v) is 16.5. The lowest BCUT2D eigenvalue weighted by Crippen LogP contribution is -2.39. The highest BCUT2D eigenvalue weighted by Crippen LogP contribution is 2.36. The Balaban J connectivity index is 1.65. The summed E-state index contributed by atoms with van der Waals surface area (Å²) in [5.41, 5.74) is 2.63. The number of anilines is 1. The van der Waals surface area contributed by atoms with Crippen molar-refractivity contribution in [3.63, 3.8) is 0 Å². The van der Waals surface area contributed by atoms with E-state index in [9.17, 15) is 13.2 Å². The minimum atomic E-state index is -3.09. The lowest BCUT2D eigenvalue weighted by molar-refractivity contribution is 0.101. The molecule has 5 nitrogen and oxygen atoms in total. The number of hydrogen-bond acceptors (Lipinski definition) is 6. The van der Waals surface area contributed by atoms with Crippen LogP contribution in [0.25, 0.3) is 0 Å². The molecule has 0 N–H and O–H groups in total.